The Morgan fingerprint density at radius 1 is 0.860 bits per heavy atom. The number of nitrogens with one attached hydrogen (secondary N) is 1. The smallest absolute Gasteiger partial charge is 0.336 e. The number of rotatable bonds is 11. The van der Waals surface area contributed by atoms with Crippen LogP contribution in [0.15, 0.2) is 103 Å². The van der Waals surface area contributed by atoms with E-state index in [1.807, 2.05) is 24.3 Å². The van der Waals surface area contributed by atoms with Crippen LogP contribution in [0.1, 0.15) is 91.7 Å². The first-order valence-electron chi connectivity index (χ1n) is 14.9. The zero-order valence-corrected chi connectivity index (χ0v) is 26.0. The third-order valence-corrected chi connectivity index (χ3v) is 8.64. The van der Waals surface area contributed by atoms with Crippen LogP contribution in [0.25, 0.3) is 22.4 Å². The Hall–Kier alpha value is -4.44. The molecule has 4 rings (SSSR count). The van der Waals surface area contributed by atoms with E-state index in [1.165, 1.54) is 40.0 Å². The molecule has 4 aromatic carbocycles. The predicted molar refractivity (Wildman–Crippen MR) is 177 cm³/mol. The summed E-state index contributed by atoms with van der Waals surface area (Å²) in [5, 5.41) is 13.1. The molecule has 2 N–H and O–H groups in total. The summed E-state index contributed by atoms with van der Waals surface area (Å²) in [4.78, 5) is 11.7. The lowest BCUT2D eigenvalue weighted by Gasteiger charge is -2.25. The van der Waals surface area contributed by atoms with Crippen molar-refractivity contribution in [3.05, 3.63) is 142 Å². The topological polar surface area (TPSA) is 49.3 Å². The van der Waals surface area contributed by atoms with Gasteiger partial charge in [-0.3, -0.25) is 0 Å². The molecule has 0 heterocycles. The van der Waals surface area contributed by atoms with Crippen molar-refractivity contribution in [2.45, 2.75) is 59.9 Å². The molecule has 0 amide bonds. The minimum absolute atomic E-state index is 0.0104. The van der Waals surface area contributed by atoms with Gasteiger partial charge in [-0.25, -0.2) is 9.18 Å². The van der Waals surface area contributed by atoms with Crippen LogP contribution in [0.4, 0.5) is 4.39 Å². The first kappa shape index (κ1) is 31.5. The number of carboxylic acids is 1. The largest absolute Gasteiger partial charge is 0.478 e. The molecule has 0 fully saturated rings. The fourth-order valence-electron chi connectivity index (χ4n) is 5.51. The van der Waals surface area contributed by atoms with Crippen molar-refractivity contribution in [3.63, 3.8) is 0 Å². The Bertz CT molecular complexity index is 1630. The van der Waals surface area contributed by atoms with Gasteiger partial charge >= 0.3 is 5.97 Å². The minimum atomic E-state index is -0.919. The van der Waals surface area contributed by atoms with Crippen molar-refractivity contribution < 1.29 is 14.3 Å². The van der Waals surface area contributed by atoms with Gasteiger partial charge in [0.05, 0.1) is 5.56 Å². The van der Waals surface area contributed by atoms with Crippen LogP contribution >= 0.6 is 0 Å². The lowest BCUT2D eigenvalue weighted by molar-refractivity contribution is 0.0697. The molecule has 0 spiro atoms. The summed E-state index contributed by atoms with van der Waals surface area (Å²) in [7, 11) is 0. The Labute approximate surface area is 255 Å². The Morgan fingerprint density at radius 3 is 2.14 bits per heavy atom. The van der Waals surface area contributed by atoms with E-state index in [9.17, 15) is 14.3 Å². The highest BCUT2D eigenvalue weighted by Crippen LogP contribution is 2.35. The van der Waals surface area contributed by atoms with Crippen molar-refractivity contribution in [1.29, 1.82) is 0 Å². The Kier molecular flexibility index (Phi) is 10.0. The van der Waals surface area contributed by atoms with Gasteiger partial charge in [-0.2, -0.15) is 0 Å². The number of hydrogen-bond donors (Lipinski definition) is 2. The monoisotopic (exact) mass is 575 g/mol. The zero-order valence-electron chi connectivity index (χ0n) is 26.0. The van der Waals surface area contributed by atoms with E-state index in [0.29, 0.717) is 17.4 Å². The standard InChI is InChI=1S/C39H42FNO2/c1-24(2)26(4)38-23-33(29(7)41-28(6)31-16-19-34(40)20-17-31)18-21-35(38)27(5)25(3)22-30-12-14-32(15-13-30)36-10-8-9-11-37(36)39(42)43/h8-21,23,25,27-28,41H,7,22H2,1-6H3,(H,42,43)/t25?,27?,28-/m0/s1. The number of carbonyl (C=O) groups is 1. The normalized spacial score (nSPS) is 13.1. The van der Waals surface area contributed by atoms with Crippen molar-refractivity contribution in [3.8, 4) is 11.1 Å². The Balaban J connectivity index is 1.54. The zero-order chi connectivity index (χ0) is 31.3. The molecule has 2 unspecified atom stereocenters. The molecule has 43 heavy (non-hydrogen) atoms. The molecule has 0 aromatic heterocycles. The molecule has 3 nitrogen and oxygen atoms in total. The van der Waals surface area contributed by atoms with Gasteiger partial charge in [-0.1, -0.05) is 92.7 Å². The molecule has 3 atom stereocenters. The molecule has 0 aliphatic rings. The first-order valence-corrected chi connectivity index (χ1v) is 14.9. The third kappa shape index (κ3) is 7.50. The average molecular weight is 576 g/mol. The average Bonchev–Trinajstić information content (AvgIpc) is 3.00. The molecular weight excluding hydrogens is 533 g/mol. The van der Waals surface area contributed by atoms with Crippen LogP contribution in [0.2, 0.25) is 0 Å². The van der Waals surface area contributed by atoms with Crippen LogP contribution in [0, 0.1) is 11.7 Å². The van der Waals surface area contributed by atoms with E-state index in [1.54, 1.807) is 24.3 Å². The van der Waals surface area contributed by atoms with Crippen LogP contribution in [0.5, 0.6) is 0 Å². The fourth-order valence-corrected chi connectivity index (χ4v) is 5.51. The van der Waals surface area contributed by atoms with E-state index in [-0.39, 0.29) is 11.9 Å². The predicted octanol–water partition coefficient (Wildman–Crippen LogP) is 10.3. The lowest BCUT2D eigenvalue weighted by atomic mass is 9.80. The number of allylic oxidation sites excluding steroid dienone is 2. The summed E-state index contributed by atoms with van der Waals surface area (Å²) < 4.78 is 13.4. The van der Waals surface area contributed by atoms with Gasteiger partial charge in [0.25, 0.3) is 0 Å². The summed E-state index contributed by atoms with van der Waals surface area (Å²) in [5.41, 5.74) is 11.1. The molecule has 0 bridgehead atoms. The third-order valence-electron chi connectivity index (χ3n) is 8.64. The maximum Gasteiger partial charge on any atom is 0.336 e. The molecule has 0 aliphatic carbocycles. The van der Waals surface area contributed by atoms with Crippen LogP contribution in [-0.4, -0.2) is 11.1 Å². The van der Waals surface area contributed by atoms with Gasteiger partial charge in [0.2, 0.25) is 0 Å². The van der Waals surface area contributed by atoms with Gasteiger partial charge in [0.15, 0.2) is 0 Å². The number of benzene rings is 4. The van der Waals surface area contributed by atoms with Crippen molar-refractivity contribution in [2.75, 3.05) is 0 Å². The highest BCUT2D eigenvalue weighted by Gasteiger charge is 2.21. The number of halogens is 1. The summed E-state index contributed by atoms with van der Waals surface area (Å²) in [6, 6.07) is 28.6. The molecule has 0 saturated carbocycles. The molecule has 4 aromatic rings. The number of hydrogen-bond acceptors (Lipinski definition) is 2. The van der Waals surface area contributed by atoms with Gasteiger partial charge in [0, 0.05) is 11.7 Å². The molecular formula is C39H42FNO2. The maximum absolute atomic E-state index is 13.4. The maximum atomic E-state index is 13.4. The van der Waals surface area contributed by atoms with Crippen LogP contribution < -0.4 is 5.32 Å². The van der Waals surface area contributed by atoms with Gasteiger partial charge in [-0.15, -0.1) is 0 Å². The van der Waals surface area contributed by atoms with Gasteiger partial charge < -0.3 is 10.4 Å². The molecule has 0 aliphatic heterocycles. The second-order valence-electron chi connectivity index (χ2n) is 11.8. The first-order chi connectivity index (χ1) is 20.5. The van der Waals surface area contributed by atoms with E-state index in [4.69, 9.17) is 0 Å². The lowest BCUT2D eigenvalue weighted by Crippen LogP contribution is -2.17. The molecule has 4 heteroatoms. The summed E-state index contributed by atoms with van der Waals surface area (Å²) in [5.74, 6) is -0.497. The quantitative estimate of drug-likeness (QED) is 0.187. The second kappa shape index (κ2) is 13.7. The molecule has 0 saturated heterocycles. The summed E-state index contributed by atoms with van der Waals surface area (Å²) in [6.07, 6.45) is 0.903. The van der Waals surface area contributed by atoms with Crippen molar-refractivity contribution in [1.82, 2.24) is 5.32 Å². The SMILES string of the molecule is C=C(N[C@@H](C)c1ccc(F)cc1)c1ccc(C(C)C(C)Cc2ccc(-c3ccccc3C(=O)O)cc2)c(C(C)=C(C)C)c1. The van der Waals surface area contributed by atoms with E-state index < -0.39 is 5.97 Å². The van der Waals surface area contributed by atoms with E-state index in [2.05, 4.69) is 83.8 Å². The Morgan fingerprint density at radius 2 is 1.51 bits per heavy atom. The van der Waals surface area contributed by atoms with Crippen molar-refractivity contribution >= 4 is 17.2 Å². The van der Waals surface area contributed by atoms with E-state index >= 15 is 0 Å². The minimum Gasteiger partial charge on any atom is -0.478 e. The molecule has 222 valence electrons. The van der Waals surface area contributed by atoms with Crippen molar-refractivity contribution in [2.24, 2.45) is 5.92 Å². The number of aromatic carboxylic acids is 1. The number of carboxylic acid groups (broad SMARTS) is 1. The summed E-state index contributed by atoms with van der Waals surface area (Å²) >= 11 is 0. The highest BCUT2D eigenvalue weighted by atomic mass is 19.1. The van der Waals surface area contributed by atoms with Crippen LogP contribution in [-0.2, 0) is 6.42 Å². The second-order valence-corrected chi connectivity index (χ2v) is 11.8. The summed E-state index contributed by atoms with van der Waals surface area (Å²) in [6.45, 7) is 17.4. The van der Waals surface area contributed by atoms with Gasteiger partial charge in [0.1, 0.15) is 5.82 Å². The molecule has 0 radical (unpaired) electrons. The van der Waals surface area contributed by atoms with E-state index in [0.717, 1.165) is 34.4 Å². The van der Waals surface area contributed by atoms with Gasteiger partial charge in [-0.05, 0) is 115 Å². The highest BCUT2D eigenvalue weighted by molar-refractivity contribution is 5.96. The van der Waals surface area contributed by atoms with Crippen LogP contribution in [0.3, 0.4) is 0 Å². The fraction of sp³-hybridized carbons (Fsp3) is 0.256.